The summed E-state index contributed by atoms with van der Waals surface area (Å²) in [5.74, 6) is -0.137. The van der Waals surface area contributed by atoms with Gasteiger partial charge in [-0.3, -0.25) is 4.79 Å². The number of carbonyl (C=O) groups is 2. The van der Waals surface area contributed by atoms with Crippen LogP contribution in [0.25, 0.3) is 0 Å². The van der Waals surface area contributed by atoms with E-state index in [4.69, 9.17) is 9.47 Å². The molecule has 6 nitrogen and oxygen atoms in total. The molecule has 0 aliphatic heterocycles. The molecule has 6 heteroatoms. The van der Waals surface area contributed by atoms with E-state index in [1.54, 1.807) is 25.1 Å². The summed E-state index contributed by atoms with van der Waals surface area (Å²) in [5, 5.41) is 9.30. The lowest BCUT2D eigenvalue weighted by molar-refractivity contribution is -0.141. The van der Waals surface area contributed by atoms with Gasteiger partial charge >= 0.3 is 5.97 Å². The quantitative estimate of drug-likeness (QED) is 0.701. The standard InChI is InChI=1S/C19H27NO5/c1-4-10-24-16-9-6-14(12-17(16)25-11-5-2)18(21)20(15-7-8-15)13(3)19(22)23/h6,9,12-13,15H,4-5,7-8,10-11H2,1-3H3,(H,22,23). The molecule has 1 fully saturated rings. The average molecular weight is 349 g/mol. The van der Waals surface area contributed by atoms with Crippen molar-refractivity contribution in [1.82, 2.24) is 4.90 Å². The van der Waals surface area contributed by atoms with Crippen LogP contribution in [-0.2, 0) is 4.79 Å². The van der Waals surface area contributed by atoms with Crippen molar-refractivity contribution < 1.29 is 24.2 Å². The Labute approximate surface area is 148 Å². The Morgan fingerprint density at radius 1 is 1.16 bits per heavy atom. The molecule has 1 aromatic rings. The third-order valence-corrected chi connectivity index (χ3v) is 4.06. The van der Waals surface area contributed by atoms with E-state index >= 15 is 0 Å². The van der Waals surface area contributed by atoms with E-state index in [0.29, 0.717) is 30.3 Å². The third-order valence-electron chi connectivity index (χ3n) is 4.06. The molecule has 138 valence electrons. The number of carboxylic acids is 1. The SMILES string of the molecule is CCCOc1ccc(C(=O)N(C2CC2)C(C)C(=O)O)cc1OCCC. The molecule has 1 N–H and O–H groups in total. The number of ether oxygens (including phenoxy) is 2. The largest absolute Gasteiger partial charge is 0.490 e. The maximum Gasteiger partial charge on any atom is 0.326 e. The van der Waals surface area contributed by atoms with Crippen LogP contribution in [0.15, 0.2) is 18.2 Å². The molecule has 0 aromatic heterocycles. The second-order valence-electron chi connectivity index (χ2n) is 6.32. The van der Waals surface area contributed by atoms with E-state index in [-0.39, 0.29) is 11.9 Å². The van der Waals surface area contributed by atoms with Gasteiger partial charge in [-0.25, -0.2) is 4.79 Å². The van der Waals surface area contributed by atoms with Crippen molar-refractivity contribution in [2.45, 2.75) is 58.5 Å². The second kappa shape index (κ2) is 8.74. The molecule has 0 spiro atoms. The van der Waals surface area contributed by atoms with Gasteiger partial charge in [-0.2, -0.15) is 0 Å². The predicted molar refractivity (Wildman–Crippen MR) is 94.3 cm³/mol. The Morgan fingerprint density at radius 3 is 2.28 bits per heavy atom. The Kier molecular flexibility index (Phi) is 6.67. The van der Waals surface area contributed by atoms with Gasteiger partial charge in [-0.15, -0.1) is 0 Å². The topological polar surface area (TPSA) is 76.1 Å². The first-order valence-corrected chi connectivity index (χ1v) is 8.94. The molecular formula is C19H27NO5. The van der Waals surface area contributed by atoms with Gasteiger partial charge in [0.15, 0.2) is 11.5 Å². The number of hydrogen-bond acceptors (Lipinski definition) is 4. The molecule has 25 heavy (non-hydrogen) atoms. The molecule has 1 aliphatic rings. The monoisotopic (exact) mass is 349 g/mol. The minimum absolute atomic E-state index is 0.00891. The fourth-order valence-electron chi connectivity index (χ4n) is 2.58. The van der Waals surface area contributed by atoms with Crippen molar-refractivity contribution in [2.24, 2.45) is 0 Å². The minimum Gasteiger partial charge on any atom is -0.490 e. The number of hydrogen-bond donors (Lipinski definition) is 1. The summed E-state index contributed by atoms with van der Waals surface area (Å²) in [6.45, 7) is 6.67. The highest BCUT2D eigenvalue weighted by Crippen LogP contribution is 2.33. The summed E-state index contributed by atoms with van der Waals surface area (Å²) in [7, 11) is 0. The van der Waals surface area contributed by atoms with Crippen LogP contribution < -0.4 is 9.47 Å². The van der Waals surface area contributed by atoms with E-state index in [1.807, 2.05) is 13.8 Å². The first-order valence-electron chi connectivity index (χ1n) is 8.94. The summed E-state index contributed by atoms with van der Waals surface area (Å²) in [6, 6.07) is 4.22. The smallest absolute Gasteiger partial charge is 0.326 e. The Morgan fingerprint density at radius 2 is 1.76 bits per heavy atom. The van der Waals surface area contributed by atoms with Crippen LogP contribution >= 0.6 is 0 Å². The van der Waals surface area contributed by atoms with E-state index in [2.05, 4.69) is 0 Å². The van der Waals surface area contributed by atoms with Gasteiger partial charge in [0.2, 0.25) is 0 Å². The molecule has 0 bridgehead atoms. The van der Waals surface area contributed by atoms with Crippen molar-refractivity contribution in [3.63, 3.8) is 0 Å². The number of rotatable bonds is 10. The predicted octanol–water partition coefficient (Wildman–Crippen LogP) is 3.34. The fraction of sp³-hybridized carbons (Fsp3) is 0.579. The van der Waals surface area contributed by atoms with Crippen molar-refractivity contribution in [3.8, 4) is 11.5 Å². The van der Waals surface area contributed by atoms with Crippen LogP contribution in [-0.4, -0.2) is 47.2 Å². The average Bonchev–Trinajstić information content (AvgIpc) is 3.43. The van der Waals surface area contributed by atoms with E-state index in [9.17, 15) is 14.7 Å². The zero-order valence-corrected chi connectivity index (χ0v) is 15.2. The highest BCUT2D eigenvalue weighted by Gasteiger charge is 2.39. The van der Waals surface area contributed by atoms with Crippen LogP contribution in [0.4, 0.5) is 0 Å². The van der Waals surface area contributed by atoms with Gasteiger partial charge in [-0.1, -0.05) is 13.8 Å². The van der Waals surface area contributed by atoms with Crippen LogP contribution in [0.3, 0.4) is 0 Å². The van der Waals surface area contributed by atoms with Crippen LogP contribution in [0, 0.1) is 0 Å². The highest BCUT2D eigenvalue weighted by atomic mass is 16.5. The fourth-order valence-corrected chi connectivity index (χ4v) is 2.58. The lowest BCUT2D eigenvalue weighted by atomic mass is 10.1. The zero-order valence-electron chi connectivity index (χ0n) is 15.2. The molecule has 0 radical (unpaired) electrons. The maximum absolute atomic E-state index is 12.9. The van der Waals surface area contributed by atoms with Crippen LogP contribution in [0.1, 0.15) is 56.8 Å². The molecule has 1 atom stereocenters. The number of amides is 1. The highest BCUT2D eigenvalue weighted by molar-refractivity contribution is 5.97. The van der Waals surface area contributed by atoms with Crippen molar-refractivity contribution in [3.05, 3.63) is 23.8 Å². The Balaban J connectivity index is 2.26. The lowest BCUT2D eigenvalue weighted by Crippen LogP contribution is -2.44. The molecule has 0 saturated heterocycles. The van der Waals surface area contributed by atoms with E-state index in [1.165, 1.54) is 4.90 Å². The summed E-state index contributed by atoms with van der Waals surface area (Å²) < 4.78 is 11.4. The molecule has 1 saturated carbocycles. The maximum atomic E-state index is 12.9. The first kappa shape index (κ1) is 19.1. The summed E-state index contributed by atoms with van der Waals surface area (Å²) in [4.78, 5) is 25.7. The summed E-state index contributed by atoms with van der Waals surface area (Å²) >= 11 is 0. The van der Waals surface area contributed by atoms with Gasteiger partial charge in [0.05, 0.1) is 13.2 Å². The summed E-state index contributed by atoms with van der Waals surface area (Å²) in [6.07, 6.45) is 3.41. The molecule has 1 aliphatic carbocycles. The number of carboxylic acid groups (broad SMARTS) is 1. The normalized spacial score (nSPS) is 14.7. The first-order chi connectivity index (χ1) is 12.0. The molecule has 1 unspecified atom stereocenters. The molecular weight excluding hydrogens is 322 g/mol. The van der Waals surface area contributed by atoms with Crippen molar-refractivity contribution >= 4 is 11.9 Å². The molecule has 1 amide bonds. The number of nitrogens with zero attached hydrogens (tertiary/aromatic N) is 1. The van der Waals surface area contributed by atoms with Crippen molar-refractivity contribution in [1.29, 1.82) is 0 Å². The number of aliphatic carboxylic acids is 1. The number of carbonyl (C=O) groups excluding carboxylic acids is 1. The van der Waals surface area contributed by atoms with Gasteiger partial charge in [0.1, 0.15) is 6.04 Å². The number of benzene rings is 1. The minimum atomic E-state index is -0.995. The zero-order chi connectivity index (χ0) is 18.4. The van der Waals surface area contributed by atoms with Gasteiger partial charge in [0, 0.05) is 11.6 Å². The molecule has 0 heterocycles. The van der Waals surface area contributed by atoms with Gasteiger partial charge < -0.3 is 19.5 Å². The van der Waals surface area contributed by atoms with Crippen molar-refractivity contribution in [2.75, 3.05) is 13.2 Å². The van der Waals surface area contributed by atoms with Crippen LogP contribution in [0.5, 0.6) is 11.5 Å². The van der Waals surface area contributed by atoms with E-state index < -0.39 is 12.0 Å². The summed E-state index contributed by atoms with van der Waals surface area (Å²) in [5.41, 5.74) is 0.426. The Hall–Kier alpha value is -2.24. The Bertz CT molecular complexity index is 612. The molecule has 2 rings (SSSR count). The lowest BCUT2D eigenvalue weighted by Gasteiger charge is -2.27. The second-order valence-corrected chi connectivity index (χ2v) is 6.32. The van der Waals surface area contributed by atoms with Crippen LogP contribution in [0.2, 0.25) is 0 Å². The molecule has 1 aromatic carbocycles. The third kappa shape index (κ3) is 4.87. The van der Waals surface area contributed by atoms with E-state index in [0.717, 1.165) is 25.7 Å². The van der Waals surface area contributed by atoms with Gasteiger partial charge in [-0.05, 0) is 50.8 Å². The van der Waals surface area contributed by atoms with Gasteiger partial charge in [0.25, 0.3) is 5.91 Å².